The molecule has 8 heteroatoms. The van der Waals surface area contributed by atoms with Crippen molar-refractivity contribution < 1.29 is 38.1 Å². The predicted octanol–water partition coefficient (Wildman–Crippen LogP) is 9.12. The van der Waals surface area contributed by atoms with Gasteiger partial charge in [-0.2, -0.15) is 0 Å². The first-order valence-corrected chi connectivity index (χ1v) is 15.4. The summed E-state index contributed by atoms with van der Waals surface area (Å²) in [7, 11) is 0. The Bertz CT molecular complexity index is 2060. The fourth-order valence-electron chi connectivity index (χ4n) is 4.23. The van der Waals surface area contributed by atoms with E-state index < -0.39 is 23.9 Å². The van der Waals surface area contributed by atoms with Crippen LogP contribution in [0.2, 0.25) is 0 Å². The van der Waals surface area contributed by atoms with Gasteiger partial charge in [-0.1, -0.05) is 99.1 Å². The molecule has 0 aliphatic carbocycles. The summed E-state index contributed by atoms with van der Waals surface area (Å²) < 4.78 is 21.6. The van der Waals surface area contributed by atoms with Gasteiger partial charge in [0.1, 0.15) is 0 Å². The molecule has 0 aliphatic heterocycles. The molecular formula is C42H36O8. The van der Waals surface area contributed by atoms with Gasteiger partial charge in [-0.3, -0.25) is 0 Å². The SMILES string of the molecule is C=C(C)C(=O)Oc1ccc(C=Cc2ccc(-c3ccc(-c4ccc(OC(=O)C(=C)C)c(OC(=O)C(=C)C)c4)cc3)cc2)cc1OC(=O)C(=C)C. The van der Waals surface area contributed by atoms with Gasteiger partial charge in [0.25, 0.3) is 0 Å². The predicted molar refractivity (Wildman–Crippen MR) is 194 cm³/mol. The molecular weight excluding hydrogens is 632 g/mol. The molecule has 0 N–H and O–H groups in total. The highest BCUT2D eigenvalue weighted by molar-refractivity contribution is 5.92. The van der Waals surface area contributed by atoms with Gasteiger partial charge in [0.15, 0.2) is 23.0 Å². The summed E-state index contributed by atoms with van der Waals surface area (Å²) >= 11 is 0. The summed E-state index contributed by atoms with van der Waals surface area (Å²) in [5, 5.41) is 0. The van der Waals surface area contributed by atoms with E-state index in [2.05, 4.69) is 26.3 Å². The molecule has 0 radical (unpaired) electrons. The van der Waals surface area contributed by atoms with Crippen LogP contribution in [0.4, 0.5) is 0 Å². The normalized spacial score (nSPS) is 10.6. The maximum atomic E-state index is 12.3. The molecule has 0 fully saturated rings. The number of esters is 4. The number of rotatable bonds is 12. The number of benzene rings is 4. The lowest BCUT2D eigenvalue weighted by Crippen LogP contribution is -2.12. The summed E-state index contributed by atoms with van der Waals surface area (Å²) in [6.07, 6.45) is 3.75. The van der Waals surface area contributed by atoms with Crippen LogP contribution in [-0.4, -0.2) is 23.9 Å². The lowest BCUT2D eigenvalue weighted by molar-refractivity contribution is -0.132. The lowest BCUT2D eigenvalue weighted by Gasteiger charge is -2.13. The fourth-order valence-corrected chi connectivity index (χ4v) is 4.23. The standard InChI is InChI=1S/C42H36O8/c1-25(2)39(43)47-35-21-13-30(23-37(35)49-41(45)27(5)6)10-9-29-11-14-31(15-12-29)32-16-18-33(19-17-32)34-20-22-36(48-40(44)26(3)4)38(24-34)50-42(46)28(7)8/h9-24H,1,3,5,7H2,2,4,6,8H3. The second kappa shape index (κ2) is 16.0. The zero-order chi connectivity index (χ0) is 36.5. The Labute approximate surface area is 291 Å². The molecule has 0 aliphatic rings. The summed E-state index contributed by atoms with van der Waals surface area (Å²) in [5.41, 5.74) is 6.02. The van der Waals surface area contributed by atoms with Gasteiger partial charge >= 0.3 is 23.9 Å². The Hall–Kier alpha value is -6.54. The van der Waals surface area contributed by atoms with Gasteiger partial charge in [-0.05, 0) is 85.3 Å². The minimum Gasteiger partial charge on any atom is -0.419 e. The molecule has 4 aromatic carbocycles. The van der Waals surface area contributed by atoms with Crippen molar-refractivity contribution in [2.75, 3.05) is 0 Å². The highest BCUT2D eigenvalue weighted by Crippen LogP contribution is 2.35. The van der Waals surface area contributed by atoms with Crippen molar-refractivity contribution in [1.82, 2.24) is 0 Å². The van der Waals surface area contributed by atoms with E-state index in [1.54, 1.807) is 36.4 Å². The van der Waals surface area contributed by atoms with E-state index in [1.165, 1.54) is 27.7 Å². The molecule has 252 valence electrons. The van der Waals surface area contributed by atoms with E-state index in [0.717, 1.165) is 27.8 Å². The summed E-state index contributed by atoms with van der Waals surface area (Å²) in [4.78, 5) is 48.7. The van der Waals surface area contributed by atoms with E-state index in [9.17, 15) is 19.2 Å². The summed E-state index contributed by atoms with van der Waals surface area (Å²) in [6, 6.07) is 25.6. The highest BCUT2D eigenvalue weighted by Gasteiger charge is 2.17. The molecule has 0 amide bonds. The van der Waals surface area contributed by atoms with Gasteiger partial charge in [0.05, 0.1) is 0 Å². The number of hydrogen-bond donors (Lipinski definition) is 0. The third kappa shape index (κ3) is 9.51. The largest absolute Gasteiger partial charge is 0.419 e. The Kier molecular flexibility index (Phi) is 11.6. The molecule has 0 aromatic heterocycles. The molecule has 0 bridgehead atoms. The molecule has 0 spiro atoms. The Morgan fingerprint density at radius 2 is 0.700 bits per heavy atom. The number of carbonyl (C=O) groups excluding carboxylic acids is 4. The quantitative estimate of drug-likeness (QED) is 0.0637. The Morgan fingerprint density at radius 3 is 1.14 bits per heavy atom. The monoisotopic (exact) mass is 668 g/mol. The lowest BCUT2D eigenvalue weighted by atomic mass is 9.99. The van der Waals surface area contributed by atoms with Crippen LogP contribution in [0, 0.1) is 0 Å². The van der Waals surface area contributed by atoms with Crippen LogP contribution < -0.4 is 18.9 Å². The van der Waals surface area contributed by atoms with Gasteiger partial charge in [-0.25, -0.2) is 19.2 Å². The van der Waals surface area contributed by atoms with Crippen LogP contribution in [0.3, 0.4) is 0 Å². The highest BCUT2D eigenvalue weighted by atomic mass is 16.6. The van der Waals surface area contributed by atoms with Crippen molar-refractivity contribution >= 4 is 36.0 Å². The van der Waals surface area contributed by atoms with Gasteiger partial charge < -0.3 is 18.9 Å². The van der Waals surface area contributed by atoms with Crippen molar-refractivity contribution in [2.24, 2.45) is 0 Å². The van der Waals surface area contributed by atoms with E-state index in [4.69, 9.17) is 18.9 Å². The van der Waals surface area contributed by atoms with Crippen LogP contribution in [0.25, 0.3) is 34.4 Å². The van der Waals surface area contributed by atoms with Crippen molar-refractivity contribution in [3.05, 3.63) is 145 Å². The van der Waals surface area contributed by atoms with Crippen LogP contribution in [-0.2, 0) is 19.2 Å². The fraction of sp³-hybridized carbons (Fsp3) is 0.0952. The van der Waals surface area contributed by atoms with Crippen molar-refractivity contribution in [3.63, 3.8) is 0 Å². The zero-order valence-electron chi connectivity index (χ0n) is 28.3. The first-order chi connectivity index (χ1) is 23.7. The first-order valence-electron chi connectivity index (χ1n) is 15.4. The van der Waals surface area contributed by atoms with Crippen LogP contribution >= 0.6 is 0 Å². The summed E-state index contributed by atoms with van der Waals surface area (Å²) in [6.45, 7) is 20.5. The number of ether oxygens (including phenoxy) is 4. The van der Waals surface area contributed by atoms with Crippen molar-refractivity contribution in [2.45, 2.75) is 27.7 Å². The average Bonchev–Trinajstić information content (AvgIpc) is 3.09. The average molecular weight is 669 g/mol. The Morgan fingerprint density at radius 1 is 0.400 bits per heavy atom. The first kappa shape index (κ1) is 36.3. The molecule has 4 rings (SSSR count). The van der Waals surface area contributed by atoms with E-state index >= 15 is 0 Å². The van der Waals surface area contributed by atoms with Gasteiger partial charge in [-0.15, -0.1) is 0 Å². The second-order valence-corrected chi connectivity index (χ2v) is 11.6. The van der Waals surface area contributed by atoms with Crippen molar-refractivity contribution in [1.29, 1.82) is 0 Å². The Balaban J connectivity index is 1.52. The maximum Gasteiger partial charge on any atom is 0.338 e. The molecule has 0 unspecified atom stereocenters. The maximum absolute atomic E-state index is 12.3. The van der Waals surface area contributed by atoms with Gasteiger partial charge in [0.2, 0.25) is 0 Å². The third-order valence-corrected chi connectivity index (χ3v) is 7.05. The minimum atomic E-state index is -0.643. The molecule has 0 saturated heterocycles. The van der Waals surface area contributed by atoms with E-state index in [1.807, 2.05) is 60.7 Å². The smallest absolute Gasteiger partial charge is 0.338 e. The second-order valence-electron chi connectivity index (χ2n) is 11.6. The molecule has 50 heavy (non-hydrogen) atoms. The number of carbonyl (C=O) groups is 4. The minimum absolute atomic E-state index is 0.0831. The van der Waals surface area contributed by atoms with Gasteiger partial charge in [0, 0.05) is 22.3 Å². The topological polar surface area (TPSA) is 105 Å². The number of hydrogen-bond acceptors (Lipinski definition) is 8. The van der Waals surface area contributed by atoms with Crippen LogP contribution in [0.1, 0.15) is 38.8 Å². The van der Waals surface area contributed by atoms with E-state index in [-0.39, 0.29) is 45.3 Å². The molecule has 0 saturated carbocycles. The third-order valence-electron chi connectivity index (χ3n) is 7.05. The van der Waals surface area contributed by atoms with Crippen molar-refractivity contribution in [3.8, 4) is 45.3 Å². The summed E-state index contributed by atoms with van der Waals surface area (Å²) in [5.74, 6) is -2.20. The van der Waals surface area contributed by atoms with E-state index in [0.29, 0.717) is 5.56 Å². The van der Waals surface area contributed by atoms with Crippen LogP contribution in [0.5, 0.6) is 23.0 Å². The molecule has 0 heterocycles. The zero-order valence-corrected chi connectivity index (χ0v) is 28.3. The molecule has 0 atom stereocenters. The molecule has 8 nitrogen and oxygen atoms in total. The van der Waals surface area contributed by atoms with Crippen LogP contribution in [0.15, 0.2) is 134 Å². The molecule has 4 aromatic rings.